The largest absolute Gasteiger partial charge is 0.432 e. The molecule has 1 amide bonds. The predicted octanol–water partition coefficient (Wildman–Crippen LogP) is 0.956. The Morgan fingerprint density at radius 3 is 2.62 bits per heavy atom. The molecule has 1 aliphatic rings. The molecule has 5 heteroatoms. The number of amides is 1. The molecule has 0 aromatic carbocycles. The molecule has 1 aliphatic heterocycles. The van der Waals surface area contributed by atoms with E-state index in [2.05, 4.69) is 0 Å². The van der Waals surface area contributed by atoms with Crippen molar-refractivity contribution in [1.29, 1.82) is 0 Å². The Kier molecular flexibility index (Phi) is 3.91. The van der Waals surface area contributed by atoms with Crippen molar-refractivity contribution in [2.75, 3.05) is 0 Å². The Morgan fingerprint density at radius 1 is 1.56 bits per heavy atom. The predicted molar refractivity (Wildman–Crippen MR) is 57.3 cm³/mol. The van der Waals surface area contributed by atoms with Crippen LogP contribution in [0.4, 0.5) is 0 Å². The number of ether oxygens (including phenoxy) is 2. The molecule has 5 nitrogen and oxygen atoms in total. The van der Waals surface area contributed by atoms with Crippen LogP contribution in [0.2, 0.25) is 0 Å². The van der Waals surface area contributed by atoms with Crippen molar-refractivity contribution in [2.24, 2.45) is 11.7 Å². The highest BCUT2D eigenvalue weighted by atomic mass is 16.8. The summed E-state index contributed by atoms with van der Waals surface area (Å²) in [6.45, 7) is 5.38. The van der Waals surface area contributed by atoms with Crippen LogP contribution in [-0.2, 0) is 19.1 Å². The first-order chi connectivity index (χ1) is 7.30. The van der Waals surface area contributed by atoms with Crippen molar-refractivity contribution in [1.82, 2.24) is 0 Å². The molecular formula is C11H19NO4. The van der Waals surface area contributed by atoms with Crippen LogP contribution < -0.4 is 5.73 Å². The van der Waals surface area contributed by atoms with Crippen LogP contribution in [0.1, 0.15) is 40.0 Å². The topological polar surface area (TPSA) is 78.6 Å². The van der Waals surface area contributed by atoms with E-state index >= 15 is 0 Å². The van der Waals surface area contributed by atoms with Gasteiger partial charge in [0.2, 0.25) is 11.7 Å². The van der Waals surface area contributed by atoms with Gasteiger partial charge in [0.05, 0.1) is 0 Å². The van der Waals surface area contributed by atoms with Crippen molar-refractivity contribution in [3.05, 3.63) is 0 Å². The minimum absolute atomic E-state index is 0.207. The van der Waals surface area contributed by atoms with E-state index < -0.39 is 11.9 Å². The molecular weight excluding hydrogens is 210 g/mol. The van der Waals surface area contributed by atoms with Crippen LogP contribution in [0.3, 0.4) is 0 Å². The molecule has 92 valence electrons. The minimum atomic E-state index is -0.828. The molecule has 0 aliphatic carbocycles. The fraction of sp³-hybridized carbons (Fsp3) is 0.818. The quantitative estimate of drug-likeness (QED) is 0.712. The summed E-state index contributed by atoms with van der Waals surface area (Å²) in [6, 6.07) is 0. The summed E-state index contributed by atoms with van der Waals surface area (Å²) < 4.78 is 10.5. The van der Waals surface area contributed by atoms with Gasteiger partial charge in [-0.15, -0.1) is 0 Å². The lowest BCUT2D eigenvalue weighted by Crippen LogP contribution is -2.23. The zero-order chi connectivity index (χ0) is 12.3. The van der Waals surface area contributed by atoms with Crippen LogP contribution in [0.5, 0.6) is 0 Å². The lowest BCUT2D eigenvalue weighted by atomic mass is 9.98. The number of hydrogen-bond donors (Lipinski definition) is 1. The monoisotopic (exact) mass is 229 g/mol. The number of carbonyl (C=O) groups excluding carboxylic acids is 2. The van der Waals surface area contributed by atoms with E-state index in [1.54, 1.807) is 13.8 Å². The zero-order valence-electron chi connectivity index (χ0n) is 9.99. The Bertz CT molecular complexity index is 288. The lowest BCUT2D eigenvalue weighted by Gasteiger charge is -2.16. The number of esters is 1. The maximum Gasteiger partial charge on any atom is 0.337 e. The number of carbonyl (C=O) groups is 2. The van der Waals surface area contributed by atoms with Gasteiger partial charge >= 0.3 is 5.97 Å². The first-order valence-corrected chi connectivity index (χ1v) is 5.49. The van der Waals surface area contributed by atoms with Crippen molar-refractivity contribution >= 4 is 11.9 Å². The third-order valence-electron chi connectivity index (χ3n) is 2.54. The molecule has 1 heterocycles. The molecule has 2 N–H and O–H groups in total. The molecule has 0 unspecified atom stereocenters. The Morgan fingerprint density at radius 2 is 2.19 bits per heavy atom. The summed E-state index contributed by atoms with van der Waals surface area (Å²) in [5.41, 5.74) is 5.06. The highest BCUT2D eigenvalue weighted by Crippen LogP contribution is 2.28. The van der Waals surface area contributed by atoms with E-state index in [0.29, 0.717) is 19.3 Å². The van der Waals surface area contributed by atoms with Gasteiger partial charge in [-0.1, -0.05) is 6.92 Å². The lowest BCUT2D eigenvalue weighted by molar-refractivity contribution is -0.161. The molecule has 2 atom stereocenters. The van der Waals surface area contributed by atoms with Gasteiger partial charge in [-0.3, -0.25) is 4.79 Å². The molecule has 0 bridgehead atoms. The summed E-state index contributed by atoms with van der Waals surface area (Å²) in [5, 5.41) is 0. The normalized spacial score (nSPS) is 25.2. The van der Waals surface area contributed by atoms with Crippen molar-refractivity contribution in [3.8, 4) is 0 Å². The van der Waals surface area contributed by atoms with Gasteiger partial charge in [0.1, 0.15) is 0 Å². The van der Waals surface area contributed by atoms with Crippen LogP contribution in [0, 0.1) is 5.92 Å². The fourth-order valence-electron chi connectivity index (χ4n) is 1.74. The molecule has 0 aromatic heterocycles. The molecule has 0 saturated carbocycles. The van der Waals surface area contributed by atoms with Gasteiger partial charge in [-0.2, -0.15) is 0 Å². The summed E-state index contributed by atoms with van der Waals surface area (Å²) in [6.07, 6.45) is 1.06. The second-order valence-electron chi connectivity index (χ2n) is 4.77. The van der Waals surface area contributed by atoms with Crippen molar-refractivity contribution in [3.63, 3.8) is 0 Å². The molecule has 0 spiro atoms. The number of nitrogens with two attached hydrogens (primary N) is 1. The van der Waals surface area contributed by atoms with Crippen LogP contribution >= 0.6 is 0 Å². The van der Waals surface area contributed by atoms with Crippen molar-refractivity contribution in [2.45, 2.75) is 51.9 Å². The first kappa shape index (κ1) is 13.0. The highest BCUT2D eigenvalue weighted by molar-refractivity contribution is 5.76. The van der Waals surface area contributed by atoms with E-state index in [4.69, 9.17) is 15.2 Å². The summed E-state index contributed by atoms with van der Waals surface area (Å²) in [7, 11) is 0. The molecule has 16 heavy (non-hydrogen) atoms. The third-order valence-corrected chi connectivity index (χ3v) is 2.54. The van der Waals surface area contributed by atoms with E-state index in [0.717, 1.165) is 0 Å². The minimum Gasteiger partial charge on any atom is -0.432 e. The second kappa shape index (κ2) is 4.82. The van der Waals surface area contributed by atoms with Gasteiger partial charge in [0.25, 0.3) is 0 Å². The summed E-state index contributed by atoms with van der Waals surface area (Å²) in [5.74, 6) is -1.26. The molecule has 1 saturated heterocycles. The average Bonchev–Trinajstić information content (AvgIpc) is 2.36. The average molecular weight is 229 g/mol. The fourth-order valence-corrected chi connectivity index (χ4v) is 1.74. The zero-order valence-corrected chi connectivity index (χ0v) is 9.99. The molecule has 0 aromatic rings. The van der Waals surface area contributed by atoms with E-state index in [1.807, 2.05) is 6.92 Å². The molecule has 1 fully saturated rings. The number of primary amides is 1. The molecule has 0 radical (unpaired) electrons. The van der Waals surface area contributed by atoms with E-state index in [9.17, 15) is 9.59 Å². The maximum atomic E-state index is 11.4. The van der Waals surface area contributed by atoms with Crippen LogP contribution in [0.15, 0.2) is 0 Å². The van der Waals surface area contributed by atoms with Crippen LogP contribution in [-0.4, -0.2) is 23.8 Å². The Balaban J connectivity index is 2.37. The number of cyclic esters (lactones) is 1. The molecule has 1 rings (SSSR count). The standard InChI is InChI=1S/C11H19NO4/c1-7(4-5-9(12)13)6-8-10(14)16-11(2,3)15-8/h7-8H,4-6H2,1-3H3,(H2,12,13)/t7-,8-/m0/s1. The van der Waals surface area contributed by atoms with Gasteiger partial charge in [-0.25, -0.2) is 4.79 Å². The first-order valence-electron chi connectivity index (χ1n) is 5.49. The van der Waals surface area contributed by atoms with E-state index in [-0.39, 0.29) is 17.8 Å². The summed E-state index contributed by atoms with van der Waals surface area (Å²) >= 11 is 0. The van der Waals surface area contributed by atoms with Gasteiger partial charge in [0, 0.05) is 20.3 Å². The van der Waals surface area contributed by atoms with Gasteiger partial charge < -0.3 is 15.2 Å². The Labute approximate surface area is 95.3 Å². The van der Waals surface area contributed by atoms with Gasteiger partial charge in [-0.05, 0) is 18.8 Å². The highest BCUT2D eigenvalue weighted by Gasteiger charge is 2.41. The summed E-state index contributed by atoms with van der Waals surface area (Å²) in [4.78, 5) is 22.0. The van der Waals surface area contributed by atoms with Gasteiger partial charge in [0.15, 0.2) is 6.10 Å². The van der Waals surface area contributed by atoms with E-state index in [1.165, 1.54) is 0 Å². The number of hydrogen-bond acceptors (Lipinski definition) is 4. The SMILES string of the molecule is C[C@@H](CCC(N)=O)C[C@@H]1OC(C)(C)OC1=O. The Hall–Kier alpha value is -1.10. The van der Waals surface area contributed by atoms with Crippen LogP contribution in [0.25, 0.3) is 0 Å². The third kappa shape index (κ3) is 3.81. The maximum absolute atomic E-state index is 11.4. The van der Waals surface area contributed by atoms with Crippen molar-refractivity contribution < 1.29 is 19.1 Å². The smallest absolute Gasteiger partial charge is 0.337 e. The number of rotatable bonds is 5. The second-order valence-corrected chi connectivity index (χ2v) is 4.77.